The van der Waals surface area contributed by atoms with E-state index in [1.165, 1.54) is 11.3 Å². The molecule has 0 fully saturated rings. The van der Waals surface area contributed by atoms with Gasteiger partial charge >= 0.3 is 5.97 Å². The van der Waals surface area contributed by atoms with Gasteiger partial charge in [-0.1, -0.05) is 40.2 Å². The Morgan fingerprint density at radius 2 is 1.86 bits per heavy atom. The predicted molar refractivity (Wildman–Crippen MR) is 87.6 cm³/mol. The predicted octanol–water partition coefficient (Wildman–Crippen LogP) is 4.94. The van der Waals surface area contributed by atoms with Crippen molar-refractivity contribution in [2.24, 2.45) is 0 Å². The first-order valence-electron chi connectivity index (χ1n) is 6.19. The number of nitrogens with zero attached hydrogens (tertiary/aromatic N) is 1. The Morgan fingerprint density at radius 1 is 1.10 bits per heavy atom. The molecule has 0 aliphatic heterocycles. The second kappa shape index (κ2) is 5.79. The van der Waals surface area contributed by atoms with E-state index in [2.05, 4.69) is 20.9 Å². The molecule has 104 valence electrons. The van der Waals surface area contributed by atoms with Crippen molar-refractivity contribution in [3.63, 3.8) is 0 Å². The fourth-order valence-corrected chi connectivity index (χ4v) is 3.20. The number of aromatic carboxylic acids is 1. The molecule has 0 spiro atoms. The molecule has 0 aliphatic carbocycles. The van der Waals surface area contributed by atoms with Crippen LogP contribution >= 0.6 is 27.3 Å². The standard InChI is InChI=1S/C16H10BrNO2S/c17-13-6-2-3-10(8-13)14-9-21-15(18-14)11-4-1-5-12(7-11)16(19)20/h1-9H,(H,19,20). The minimum atomic E-state index is -0.930. The molecule has 0 saturated carbocycles. The van der Waals surface area contributed by atoms with Crippen LogP contribution in [0.1, 0.15) is 10.4 Å². The number of hydrogen-bond donors (Lipinski definition) is 1. The highest BCUT2D eigenvalue weighted by Gasteiger charge is 2.09. The molecule has 1 aromatic heterocycles. The third-order valence-corrected chi connectivity index (χ3v) is 4.37. The van der Waals surface area contributed by atoms with Crippen molar-refractivity contribution in [1.29, 1.82) is 0 Å². The third kappa shape index (κ3) is 3.04. The SMILES string of the molecule is O=C(O)c1cccc(-c2nc(-c3cccc(Br)c3)cs2)c1. The molecule has 21 heavy (non-hydrogen) atoms. The van der Waals surface area contributed by atoms with Crippen molar-refractivity contribution in [3.8, 4) is 21.8 Å². The van der Waals surface area contributed by atoms with Gasteiger partial charge in [-0.15, -0.1) is 11.3 Å². The molecule has 1 heterocycles. The summed E-state index contributed by atoms with van der Waals surface area (Å²) < 4.78 is 1.00. The van der Waals surface area contributed by atoms with Gasteiger partial charge in [0.05, 0.1) is 11.3 Å². The van der Waals surface area contributed by atoms with E-state index in [1.54, 1.807) is 18.2 Å². The topological polar surface area (TPSA) is 50.2 Å². The van der Waals surface area contributed by atoms with Crippen molar-refractivity contribution in [3.05, 3.63) is 63.9 Å². The lowest BCUT2D eigenvalue weighted by atomic mass is 10.1. The number of halogens is 1. The van der Waals surface area contributed by atoms with E-state index in [4.69, 9.17) is 5.11 Å². The molecule has 0 aliphatic rings. The molecule has 0 amide bonds. The van der Waals surface area contributed by atoms with Gasteiger partial charge in [-0.2, -0.15) is 0 Å². The maximum absolute atomic E-state index is 11.0. The average Bonchev–Trinajstić information content (AvgIpc) is 2.97. The first-order valence-corrected chi connectivity index (χ1v) is 7.86. The number of carboxylic acid groups (broad SMARTS) is 1. The van der Waals surface area contributed by atoms with Gasteiger partial charge in [0.1, 0.15) is 5.01 Å². The molecule has 3 aromatic rings. The van der Waals surface area contributed by atoms with E-state index >= 15 is 0 Å². The van der Waals surface area contributed by atoms with Crippen LogP contribution in [0.25, 0.3) is 21.8 Å². The minimum Gasteiger partial charge on any atom is -0.478 e. The van der Waals surface area contributed by atoms with E-state index in [-0.39, 0.29) is 5.56 Å². The lowest BCUT2D eigenvalue weighted by molar-refractivity contribution is 0.0697. The van der Waals surface area contributed by atoms with Crippen molar-refractivity contribution < 1.29 is 9.90 Å². The number of rotatable bonds is 3. The van der Waals surface area contributed by atoms with Crippen LogP contribution in [0.5, 0.6) is 0 Å². The molecular formula is C16H10BrNO2S. The Hall–Kier alpha value is -1.98. The van der Waals surface area contributed by atoms with Gasteiger partial charge in [-0.3, -0.25) is 0 Å². The molecule has 0 radical (unpaired) electrons. The normalized spacial score (nSPS) is 10.5. The largest absolute Gasteiger partial charge is 0.478 e. The number of aromatic nitrogens is 1. The van der Waals surface area contributed by atoms with E-state index < -0.39 is 5.97 Å². The summed E-state index contributed by atoms with van der Waals surface area (Å²) in [7, 11) is 0. The molecule has 1 N–H and O–H groups in total. The molecule has 0 bridgehead atoms. The monoisotopic (exact) mass is 359 g/mol. The number of carboxylic acids is 1. The Kier molecular flexibility index (Phi) is 3.86. The zero-order valence-corrected chi connectivity index (χ0v) is 13.2. The van der Waals surface area contributed by atoms with Crippen LogP contribution in [0.3, 0.4) is 0 Å². The molecule has 3 nitrogen and oxygen atoms in total. The highest BCUT2D eigenvalue weighted by Crippen LogP contribution is 2.30. The zero-order valence-electron chi connectivity index (χ0n) is 10.8. The number of hydrogen-bond acceptors (Lipinski definition) is 3. The van der Waals surface area contributed by atoms with Crippen molar-refractivity contribution in [2.45, 2.75) is 0 Å². The molecule has 0 atom stereocenters. The molecule has 0 saturated heterocycles. The van der Waals surface area contributed by atoms with Gasteiger partial charge < -0.3 is 5.11 Å². The Morgan fingerprint density at radius 3 is 2.62 bits per heavy atom. The third-order valence-electron chi connectivity index (χ3n) is 2.98. The van der Waals surface area contributed by atoms with Crippen molar-refractivity contribution in [1.82, 2.24) is 4.98 Å². The average molecular weight is 360 g/mol. The summed E-state index contributed by atoms with van der Waals surface area (Å²) in [4.78, 5) is 15.6. The summed E-state index contributed by atoms with van der Waals surface area (Å²) in [6.07, 6.45) is 0. The van der Waals surface area contributed by atoms with Crippen LogP contribution in [0.15, 0.2) is 58.4 Å². The highest BCUT2D eigenvalue weighted by molar-refractivity contribution is 9.10. The van der Waals surface area contributed by atoms with E-state index in [0.717, 1.165) is 26.3 Å². The lowest BCUT2D eigenvalue weighted by Gasteiger charge is -1.99. The number of thiazole rings is 1. The van der Waals surface area contributed by atoms with Crippen molar-refractivity contribution in [2.75, 3.05) is 0 Å². The highest BCUT2D eigenvalue weighted by atomic mass is 79.9. The number of benzene rings is 2. The van der Waals surface area contributed by atoms with Gasteiger partial charge in [-0.05, 0) is 24.3 Å². The minimum absolute atomic E-state index is 0.270. The van der Waals surface area contributed by atoms with Crippen LogP contribution in [0, 0.1) is 0 Å². The second-order valence-corrected chi connectivity index (χ2v) is 6.21. The zero-order chi connectivity index (χ0) is 14.8. The first kappa shape index (κ1) is 14.0. The summed E-state index contributed by atoms with van der Waals surface area (Å²) >= 11 is 4.95. The van der Waals surface area contributed by atoms with E-state index in [1.807, 2.05) is 35.7 Å². The van der Waals surface area contributed by atoms with Crippen LogP contribution < -0.4 is 0 Å². The van der Waals surface area contributed by atoms with Gasteiger partial charge in [0.2, 0.25) is 0 Å². The lowest BCUT2D eigenvalue weighted by Crippen LogP contribution is -1.95. The molecule has 0 unspecified atom stereocenters. The van der Waals surface area contributed by atoms with Gasteiger partial charge in [0, 0.05) is 21.0 Å². The Labute approximate surface area is 134 Å². The molecule has 5 heteroatoms. The molecular weight excluding hydrogens is 350 g/mol. The second-order valence-electron chi connectivity index (χ2n) is 4.43. The van der Waals surface area contributed by atoms with Crippen molar-refractivity contribution >= 4 is 33.2 Å². The molecule has 2 aromatic carbocycles. The summed E-state index contributed by atoms with van der Waals surface area (Å²) in [6, 6.07) is 14.8. The van der Waals surface area contributed by atoms with Gasteiger partial charge in [0.25, 0.3) is 0 Å². The maximum Gasteiger partial charge on any atom is 0.335 e. The quantitative estimate of drug-likeness (QED) is 0.720. The smallest absolute Gasteiger partial charge is 0.335 e. The fraction of sp³-hybridized carbons (Fsp3) is 0. The van der Waals surface area contributed by atoms with Gasteiger partial charge in [0.15, 0.2) is 0 Å². The van der Waals surface area contributed by atoms with Gasteiger partial charge in [-0.25, -0.2) is 9.78 Å². The van der Waals surface area contributed by atoms with Crippen LogP contribution in [-0.2, 0) is 0 Å². The maximum atomic E-state index is 11.0. The summed E-state index contributed by atoms with van der Waals surface area (Å²) in [5, 5.41) is 11.8. The summed E-state index contributed by atoms with van der Waals surface area (Å²) in [5.74, 6) is -0.930. The Balaban J connectivity index is 1.98. The number of carbonyl (C=O) groups is 1. The van der Waals surface area contributed by atoms with Crippen LogP contribution in [-0.4, -0.2) is 16.1 Å². The molecule has 3 rings (SSSR count). The first-order chi connectivity index (χ1) is 10.1. The van der Waals surface area contributed by atoms with E-state index in [9.17, 15) is 4.79 Å². The van der Waals surface area contributed by atoms with E-state index in [0.29, 0.717) is 0 Å². The Bertz CT molecular complexity index is 813. The van der Waals surface area contributed by atoms with Crippen LogP contribution in [0.2, 0.25) is 0 Å². The van der Waals surface area contributed by atoms with Crippen LogP contribution in [0.4, 0.5) is 0 Å². The summed E-state index contributed by atoms with van der Waals surface area (Å²) in [5.41, 5.74) is 3.01. The summed E-state index contributed by atoms with van der Waals surface area (Å²) in [6.45, 7) is 0. The fourth-order valence-electron chi connectivity index (χ4n) is 1.97.